The van der Waals surface area contributed by atoms with Crippen LogP contribution in [-0.2, 0) is 4.79 Å². The number of carbonyl (C=O) groups excluding carboxylic acids is 1. The summed E-state index contributed by atoms with van der Waals surface area (Å²) >= 11 is 0. The Morgan fingerprint density at radius 2 is 2.12 bits per heavy atom. The highest BCUT2D eigenvalue weighted by Gasteiger charge is 2.10. The van der Waals surface area contributed by atoms with Crippen molar-refractivity contribution in [1.82, 2.24) is 5.32 Å². The van der Waals surface area contributed by atoms with Crippen LogP contribution in [0.15, 0.2) is 18.2 Å². The van der Waals surface area contributed by atoms with E-state index in [2.05, 4.69) is 10.6 Å². The van der Waals surface area contributed by atoms with Crippen LogP contribution in [0.2, 0.25) is 0 Å². The Morgan fingerprint density at radius 1 is 1.42 bits per heavy atom. The molecule has 0 aromatic heterocycles. The molecule has 0 saturated carbocycles. The van der Waals surface area contributed by atoms with Gasteiger partial charge < -0.3 is 20.5 Å². The highest BCUT2D eigenvalue weighted by atomic mass is 35.5. The fraction of sp³-hybridized carbons (Fsp3) is 0.529. The van der Waals surface area contributed by atoms with Gasteiger partial charge in [0.15, 0.2) is 0 Å². The van der Waals surface area contributed by atoms with Gasteiger partial charge in [-0.25, -0.2) is 0 Å². The first kappa shape index (κ1) is 22.2. The Bertz CT molecular complexity index is 559. The molecule has 0 aliphatic rings. The molecule has 0 heterocycles. The van der Waals surface area contributed by atoms with Gasteiger partial charge >= 0.3 is 0 Å². The molecule has 0 saturated heterocycles. The summed E-state index contributed by atoms with van der Waals surface area (Å²) < 4.78 is 5.50. The van der Waals surface area contributed by atoms with Gasteiger partial charge in [0.2, 0.25) is 5.91 Å². The molecule has 24 heavy (non-hydrogen) atoms. The minimum Gasteiger partial charge on any atom is -0.489 e. The lowest BCUT2D eigenvalue weighted by molar-refractivity contribution is -0.116. The van der Waals surface area contributed by atoms with Crippen LogP contribution in [0, 0.1) is 11.3 Å². The van der Waals surface area contributed by atoms with Crippen molar-refractivity contribution >= 4 is 24.0 Å². The molecule has 0 aliphatic carbocycles. The monoisotopic (exact) mass is 355 g/mol. The van der Waals surface area contributed by atoms with E-state index in [9.17, 15) is 15.2 Å². The second-order valence-electron chi connectivity index (χ2n) is 5.65. The minimum atomic E-state index is -0.659. The quantitative estimate of drug-likeness (QED) is 0.632. The lowest BCUT2D eigenvalue weighted by Gasteiger charge is -2.16. The first-order valence-electron chi connectivity index (χ1n) is 7.84. The summed E-state index contributed by atoms with van der Waals surface area (Å²) in [4.78, 5) is 11.6. The SMILES string of the molecule is CCCC(=O)Nc1ccc(OCC(O)CNC(C)C)c(C#N)c1.Cl. The molecule has 0 radical (unpaired) electrons. The molecule has 1 aromatic rings. The van der Waals surface area contributed by atoms with Crippen LogP contribution < -0.4 is 15.4 Å². The number of rotatable bonds is 9. The molecular formula is C17H26ClN3O3. The first-order valence-corrected chi connectivity index (χ1v) is 7.84. The Hall–Kier alpha value is -1.81. The molecule has 7 heteroatoms. The maximum absolute atomic E-state index is 11.6. The van der Waals surface area contributed by atoms with E-state index in [1.165, 1.54) is 0 Å². The van der Waals surface area contributed by atoms with Crippen molar-refractivity contribution in [3.05, 3.63) is 23.8 Å². The summed E-state index contributed by atoms with van der Waals surface area (Å²) in [6, 6.07) is 7.21. The fourth-order valence-corrected chi connectivity index (χ4v) is 1.89. The number of aliphatic hydroxyl groups is 1. The third-order valence-corrected chi connectivity index (χ3v) is 3.05. The van der Waals surface area contributed by atoms with Crippen molar-refractivity contribution in [2.75, 3.05) is 18.5 Å². The zero-order chi connectivity index (χ0) is 17.2. The maximum Gasteiger partial charge on any atom is 0.224 e. The molecular weight excluding hydrogens is 330 g/mol. The van der Waals surface area contributed by atoms with E-state index in [-0.39, 0.29) is 31.0 Å². The number of nitrogens with zero attached hydrogens (tertiary/aromatic N) is 1. The lowest BCUT2D eigenvalue weighted by atomic mass is 10.2. The summed E-state index contributed by atoms with van der Waals surface area (Å²) in [5.74, 6) is 0.310. The third kappa shape index (κ3) is 8.16. The molecule has 0 spiro atoms. The van der Waals surface area contributed by atoms with E-state index in [0.717, 1.165) is 6.42 Å². The van der Waals surface area contributed by atoms with Crippen molar-refractivity contribution in [2.24, 2.45) is 0 Å². The molecule has 1 amide bonds. The average Bonchev–Trinajstić information content (AvgIpc) is 2.51. The Labute approximate surface area is 149 Å². The van der Waals surface area contributed by atoms with E-state index in [1.54, 1.807) is 18.2 Å². The molecule has 0 aliphatic heterocycles. The predicted octanol–water partition coefficient (Wildman–Crippen LogP) is 2.46. The Kier molecular flexibility index (Phi) is 10.8. The van der Waals surface area contributed by atoms with Gasteiger partial charge in [0.1, 0.15) is 24.5 Å². The van der Waals surface area contributed by atoms with E-state index >= 15 is 0 Å². The Balaban J connectivity index is 0.00000529. The van der Waals surface area contributed by atoms with Crippen molar-refractivity contribution in [2.45, 2.75) is 45.8 Å². The van der Waals surface area contributed by atoms with Gasteiger partial charge in [0.25, 0.3) is 0 Å². The van der Waals surface area contributed by atoms with E-state index in [1.807, 2.05) is 26.8 Å². The number of hydrogen-bond acceptors (Lipinski definition) is 5. The Morgan fingerprint density at radius 3 is 2.71 bits per heavy atom. The number of ether oxygens (including phenoxy) is 1. The van der Waals surface area contributed by atoms with Gasteiger partial charge in [-0.15, -0.1) is 12.4 Å². The van der Waals surface area contributed by atoms with Crippen molar-refractivity contribution in [3.63, 3.8) is 0 Å². The van der Waals surface area contributed by atoms with Crippen LogP contribution in [0.1, 0.15) is 39.2 Å². The second kappa shape index (κ2) is 11.7. The number of carbonyl (C=O) groups is 1. The van der Waals surface area contributed by atoms with Crippen LogP contribution >= 0.6 is 12.4 Å². The number of hydrogen-bond donors (Lipinski definition) is 3. The standard InChI is InChI=1S/C17H25N3O3.ClH/c1-4-5-17(22)20-14-6-7-16(13(8-14)9-18)23-11-15(21)10-19-12(2)3;/h6-8,12,15,19,21H,4-5,10-11H2,1-3H3,(H,20,22);1H. The summed E-state index contributed by atoms with van der Waals surface area (Å²) in [6.45, 7) is 6.43. The van der Waals surface area contributed by atoms with Gasteiger partial charge in [-0.3, -0.25) is 4.79 Å². The number of amides is 1. The maximum atomic E-state index is 11.6. The third-order valence-electron chi connectivity index (χ3n) is 3.05. The second-order valence-corrected chi connectivity index (χ2v) is 5.65. The van der Waals surface area contributed by atoms with Gasteiger partial charge in [0.05, 0.1) is 5.56 Å². The van der Waals surface area contributed by atoms with Crippen LogP contribution in [0.3, 0.4) is 0 Å². The van der Waals surface area contributed by atoms with Crippen molar-refractivity contribution in [1.29, 1.82) is 5.26 Å². The number of halogens is 1. The number of benzene rings is 1. The van der Waals surface area contributed by atoms with Crippen molar-refractivity contribution < 1.29 is 14.6 Å². The van der Waals surface area contributed by atoms with Crippen LogP contribution in [-0.4, -0.2) is 36.3 Å². The van der Waals surface area contributed by atoms with Crippen LogP contribution in [0.25, 0.3) is 0 Å². The highest BCUT2D eigenvalue weighted by molar-refractivity contribution is 5.91. The summed E-state index contributed by atoms with van der Waals surface area (Å²) in [6.07, 6.45) is 0.545. The number of anilines is 1. The van der Waals surface area contributed by atoms with E-state index < -0.39 is 6.10 Å². The van der Waals surface area contributed by atoms with E-state index in [4.69, 9.17) is 4.74 Å². The molecule has 1 rings (SSSR count). The first-order chi connectivity index (χ1) is 11.0. The molecule has 3 N–H and O–H groups in total. The molecule has 134 valence electrons. The average molecular weight is 356 g/mol. The molecule has 0 bridgehead atoms. The van der Waals surface area contributed by atoms with Crippen LogP contribution in [0.4, 0.5) is 5.69 Å². The highest BCUT2D eigenvalue weighted by Crippen LogP contribution is 2.22. The topological polar surface area (TPSA) is 94.4 Å². The molecule has 1 atom stereocenters. The van der Waals surface area contributed by atoms with Crippen LogP contribution in [0.5, 0.6) is 5.75 Å². The zero-order valence-corrected chi connectivity index (χ0v) is 15.2. The predicted molar refractivity (Wildman–Crippen MR) is 96.6 cm³/mol. The minimum absolute atomic E-state index is 0. The van der Waals surface area contributed by atoms with Gasteiger partial charge in [-0.05, 0) is 24.6 Å². The van der Waals surface area contributed by atoms with Gasteiger partial charge in [0, 0.05) is 24.7 Å². The molecule has 1 unspecified atom stereocenters. The number of nitriles is 1. The lowest BCUT2D eigenvalue weighted by Crippen LogP contribution is -2.35. The largest absolute Gasteiger partial charge is 0.489 e. The molecule has 0 fully saturated rings. The van der Waals surface area contributed by atoms with Gasteiger partial charge in [-0.1, -0.05) is 20.8 Å². The fourth-order valence-electron chi connectivity index (χ4n) is 1.89. The van der Waals surface area contributed by atoms with Gasteiger partial charge in [-0.2, -0.15) is 5.26 Å². The molecule has 6 nitrogen and oxygen atoms in total. The normalized spacial score (nSPS) is 11.3. The number of nitrogens with one attached hydrogen (secondary N) is 2. The van der Waals surface area contributed by atoms with E-state index in [0.29, 0.717) is 30.0 Å². The smallest absolute Gasteiger partial charge is 0.224 e. The summed E-state index contributed by atoms with van der Waals surface area (Å²) in [7, 11) is 0. The molecule has 1 aromatic carbocycles. The van der Waals surface area contributed by atoms with Crippen molar-refractivity contribution in [3.8, 4) is 11.8 Å². The number of aliphatic hydroxyl groups excluding tert-OH is 1. The summed E-state index contributed by atoms with van der Waals surface area (Å²) in [5, 5.41) is 24.9. The zero-order valence-electron chi connectivity index (χ0n) is 14.3. The summed E-state index contributed by atoms with van der Waals surface area (Å²) in [5.41, 5.74) is 0.887.